The molecule has 4 aromatic rings. The minimum Gasteiger partial charge on any atom is -0.504 e. The number of nitrogens with zero attached hydrogens (tertiary/aromatic N) is 1. The van der Waals surface area contributed by atoms with Gasteiger partial charge in [-0.2, -0.15) is 0 Å². The molecule has 9 rings (SSSR count). The second-order valence-corrected chi connectivity index (χ2v) is 11.1. The fraction of sp³-hybridized carbons (Fsp3) is 0.235. The minimum atomic E-state index is 0.119. The van der Waals surface area contributed by atoms with Crippen molar-refractivity contribution in [2.45, 2.75) is 25.3 Å². The molecule has 7 heteroatoms. The van der Waals surface area contributed by atoms with Crippen LogP contribution in [0.1, 0.15) is 39.4 Å². The summed E-state index contributed by atoms with van der Waals surface area (Å²) < 4.78 is 25.3. The molecule has 5 aliphatic rings. The van der Waals surface area contributed by atoms with Gasteiger partial charge in [0.25, 0.3) is 0 Å². The van der Waals surface area contributed by atoms with Crippen molar-refractivity contribution in [1.82, 2.24) is 10.2 Å². The van der Waals surface area contributed by atoms with E-state index in [0.717, 1.165) is 60.3 Å². The van der Waals surface area contributed by atoms with Crippen LogP contribution in [-0.2, 0) is 19.3 Å². The van der Waals surface area contributed by atoms with Crippen molar-refractivity contribution in [3.05, 3.63) is 94.0 Å². The molecular weight excluding hydrogens is 516 g/mol. The van der Waals surface area contributed by atoms with Crippen molar-refractivity contribution < 1.29 is 24.1 Å². The molecule has 0 fully saturated rings. The van der Waals surface area contributed by atoms with Gasteiger partial charge in [-0.25, -0.2) is 0 Å². The van der Waals surface area contributed by atoms with Crippen molar-refractivity contribution in [3.8, 4) is 46.0 Å². The molecular formula is C34H30N2O5. The first kappa shape index (κ1) is 24.2. The van der Waals surface area contributed by atoms with E-state index in [4.69, 9.17) is 18.9 Å². The number of phenols is 1. The van der Waals surface area contributed by atoms with Gasteiger partial charge in [0, 0.05) is 30.4 Å². The number of phenolic OH excluding ortho intramolecular Hbond substituents is 1. The number of benzene rings is 4. The highest BCUT2D eigenvalue weighted by atomic mass is 16.6. The van der Waals surface area contributed by atoms with E-state index in [-0.39, 0.29) is 11.8 Å². The fourth-order valence-corrected chi connectivity index (χ4v) is 6.44. The average Bonchev–Trinajstić information content (AvgIpc) is 2.98. The summed E-state index contributed by atoms with van der Waals surface area (Å²) in [6.45, 7) is 1.73. The third-order valence-electron chi connectivity index (χ3n) is 8.61. The molecule has 0 aromatic heterocycles. The molecule has 7 bridgehead atoms. The topological polar surface area (TPSA) is 72.4 Å². The summed E-state index contributed by atoms with van der Waals surface area (Å²) >= 11 is 0. The number of aromatic hydroxyl groups is 1. The second kappa shape index (κ2) is 9.21. The summed E-state index contributed by atoms with van der Waals surface area (Å²) in [5, 5.41) is 14.2. The van der Waals surface area contributed by atoms with Gasteiger partial charge >= 0.3 is 0 Å². The summed E-state index contributed by atoms with van der Waals surface area (Å²) in [4.78, 5) is 2.38. The van der Waals surface area contributed by atoms with Crippen LogP contribution in [0.5, 0.6) is 46.0 Å². The van der Waals surface area contributed by atoms with E-state index in [1.165, 1.54) is 11.1 Å². The van der Waals surface area contributed by atoms with Gasteiger partial charge in [0.1, 0.15) is 5.75 Å². The summed E-state index contributed by atoms with van der Waals surface area (Å²) in [5.74, 6) is 4.59. The maximum atomic E-state index is 10.6. The maximum Gasteiger partial charge on any atom is 0.212 e. The third kappa shape index (κ3) is 3.99. The van der Waals surface area contributed by atoms with Crippen molar-refractivity contribution in [3.63, 3.8) is 0 Å². The number of likely N-dealkylation sites (N-methyl/N-ethyl adjacent to an activating group) is 1. The van der Waals surface area contributed by atoms with Crippen LogP contribution in [0, 0.1) is 0 Å². The van der Waals surface area contributed by atoms with Crippen LogP contribution in [0.4, 0.5) is 0 Å². The molecule has 1 atom stereocenters. The quantitative estimate of drug-likeness (QED) is 0.239. The van der Waals surface area contributed by atoms with E-state index >= 15 is 0 Å². The van der Waals surface area contributed by atoms with Crippen molar-refractivity contribution in [2.75, 3.05) is 27.2 Å². The first-order chi connectivity index (χ1) is 20.0. The van der Waals surface area contributed by atoms with Crippen LogP contribution < -0.4 is 24.3 Å². The zero-order chi connectivity index (χ0) is 27.7. The Hall–Kier alpha value is -4.62. The van der Waals surface area contributed by atoms with E-state index in [1.54, 1.807) is 13.2 Å². The Balaban J connectivity index is 1.36. The Morgan fingerprint density at radius 3 is 2.56 bits per heavy atom. The van der Waals surface area contributed by atoms with E-state index in [2.05, 4.69) is 41.5 Å². The lowest BCUT2D eigenvalue weighted by Crippen LogP contribution is -2.33. The molecule has 7 nitrogen and oxygen atoms in total. The maximum absolute atomic E-state index is 10.6. The molecule has 0 aliphatic carbocycles. The summed E-state index contributed by atoms with van der Waals surface area (Å²) in [7, 11) is 3.84. The zero-order valence-corrected chi connectivity index (χ0v) is 23.0. The molecule has 0 saturated heterocycles. The first-order valence-electron chi connectivity index (χ1n) is 14.1. The van der Waals surface area contributed by atoms with Crippen molar-refractivity contribution in [1.29, 1.82) is 0 Å². The van der Waals surface area contributed by atoms with Crippen molar-refractivity contribution in [2.24, 2.45) is 0 Å². The SMILES string of the molecule is COc1cc2c3c4c1Oc1cc5c(cc1O4)[C@H](Cc1ccc(O)c(c1)Oc1ccc(cc1)C=C3NCC2)N(C)CC5. The molecule has 0 spiro atoms. The van der Waals surface area contributed by atoms with Crippen LogP contribution in [0.25, 0.3) is 11.8 Å². The first-order valence-corrected chi connectivity index (χ1v) is 14.1. The Kier molecular flexibility index (Phi) is 5.44. The van der Waals surface area contributed by atoms with Gasteiger partial charge in [-0.15, -0.1) is 0 Å². The summed E-state index contributed by atoms with van der Waals surface area (Å²) in [6.07, 6.45) is 4.64. The Morgan fingerprint density at radius 1 is 0.878 bits per heavy atom. The molecule has 206 valence electrons. The molecule has 5 heterocycles. The average molecular weight is 547 g/mol. The van der Waals surface area contributed by atoms with Crippen LogP contribution in [-0.4, -0.2) is 37.3 Å². The molecule has 0 radical (unpaired) electrons. The standard InChI is InChI=1S/C34H30N2O5/c1-36-12-10-21-16-29-30-18-24(21)26(36)14-20-5-8-27(37)28(15-20)39-23-6-3-19(4-7-23)13-25-32-22(9-11-35-25)17-31(38-2)33(40-29)34(32)41-30/h3-8,13,15-18,26,35,37H,9-12,14H2,1-2H3/t26-/m0/s1. The molecule has 2 N–H and O–H groups in total. The molecule has 0 amide bonds. The lowest BCUT2D eigenvalue weighted by atomic mass is 9.88. The summed E-state index contributed by atoms with van der Waals surface area (Å²) in [6, 6.07) is 20.0. The fourth-order valence-electron chi connectivity index (χ4n) is 6.44. The monoisotopic (exact) mass is 546 g/mol. The van der Waals surface area contributed by atoms with Gasteiger partial charge in [-0.1, -0.05) is 18.2 Å². The minimum absolute atomic E-state index is 0.119. The van der Waals surface area contributed by atoms with Gasteiger partial charge < -0.3 is 29.4 Å². The van der Waals surface area contributed by atoms with E-state index in [1.807, 2.05) is 36.4 Å². The van der Waals surface area contributed by atoms with E-state index in [9.17, 15) is 5.11 Å². The Bertz CT molecular complexity index is 1740. The number of rotatable bonds is 1. The third-order valence-corrected chi connectivity index (χ3v) is 8.61. The molecule has 5 aliphatic heterocycles. The van der Waals surface area contributed by atoms with Crippen LogP contribution >= 0.6 is 0 Å². The number of hydrogen-bond donors (Lipinski definition) is 2. The molecule has 0 saturated carbocycles. The molecule has 0 unspecified atom stereocenters. The smallest absolute Gasteiger partial charge is 0.212 e. The van der Waals surface area contributed by atoms with Crippen LogP contribution in [0.3, 0.4) is 0 Å². The predicted molar refractivity (Wildman–Crippen MR) is 157 cm³/mol. The Morgan fingerprint density at radius 2 is 1.71 bits per heavy atom. The predicted octanol–water partition coefficient (Wildman–Crippen LogP) is 6.82. The number of methoxy groups -OCH3 is 1. The van der Waals surface area contributed by atoms with Gasteiger partial charge in [-0.3, -0.25) is 4.90 Å². The highest BCUT2D eigenvalue weighted by molar-refractivity contribution is 5.88. The highest BCUT2D eigenvalue weighted by Crippen LogP contribution is 2.55. The molecule has 4 aromatic carbocycles. The lowest BCUT2D eigenvalue weighted by molar-refractivity contribution is 0.227. The van der Waals surface area contributed by atoms with Crippen LogP contribution in [0.15, 0.2) is 60.7 Å². The Labute approximate surface area is 238 Å². The number of ether oxygens (including phenoxy) is 4. The van der Waals surface area contributed by atoms with E-state index < -0.39 is 0 Å². The largest absolute Gasteiger partial charge is 0.504 e. The van der Waals surface area contributed by atoms with Crippen molar-refractivity contribution >= 4 is 11.8 Å². The number of hydrogen-bond acceptors (Lipinski definition) is 7. The van der Waals surface area contributed by atoms with Gasteiger partial charge in [0.2, 0.25) is 5.75 Å². The second-order valence-electron chi connectivity index (χ2n) is 11.1. The number of fused-ring (bicyclic) bond motifs is 2. The molecule has 41 heavy (non-hydrogen) atoms. The van der Waals surface area contributed by atoms with Gasteiger partial charge in [0.05, 0.1) is 7.11 Å². The lowest BCUT2D eigenvalue weighted by Gasteiger charge is -2.36. The number of nitrogens with one attached hydrogen (secondary N) is 1. The zero-order valence-electron chi connectivity index (χ0n) is 23.0. The van der Waals surface area contributed by atoms with Gasteiger partial charge in [0.15, 0.2) is 34.5 Å². The highest BCUT2D eigenvalue weighted by Gasteiger charge is 2.34. The normalized spacial score (nSPS) is 18.2. The summed E-state index contributed by atoms with van der Waals surface area (Å²) in [5.41, 5.74) is 7.67. The van der Waals surface area contributed by atoms with E-state index in [0.29, 0.717) is 40.2 Å². The van der Waals surface area contributed by atoms with Crippen LogP contribution in [0.2, 0.25) is 0 Å². The van der Waals surface area contributed by atoms with Gasteiger partial charge in [-0.05, 0) is 103 Å².